The molecule has 13 heavy (non-hydrogen) atoms. The lowest BCUT2D eigenvalue weighted by molar-refractivity contribution is -0.0609. The van der Waals surface area contributed by atoms with E-state index in [-0.39, 0.29) is 5.60 Å². The van der Waals surface area contributed by atoms with E-state index in [1.54, 1.807) is 6.26 Å². The summed E-state index contributed by atoms with van der Waals surface area (Å²) >= 11 is 0. The summed E-state index contributed by atoms with van der Waals surface area (Å²) in [5.41, 5.74) is 0.764. The van der Waals surface area contributed by atoms with Crippen LogP contribution in [0.4, 0.5) is 0 Å². The van der Waals surface area contributed by atoms with Crippen molar-refractivity contribution in [3.05, 3.63) is 12.8 Å². The van der Waals surface area contributed by atoms with Gasteiger partial charge in [-0.2, -0.15) is 0 Å². The highest BCUT2D eigenvalue weighted by atomic mass is 16.6. The summed E-state index contributed by atoms with van der Waals surface area (Å²) in [5, 5.41) is 0. The second kappa shape index (κ2) is 2.30. The molecule has 3 aliphatic rings. The van der Waals surface area contributed by atoms with E-state index in [0.717, 1.165) is 13.0 Å². The van der Waals surface area contributed by atoms with Crippen molar-refractivity contribution in [3.63, 3.8) is 0 Å². The third-order valence-corrected chi connectivity index (χ3v) is 3.87. The molecule has 1 saturated heterocycles. The van der Waals surface area contributed by atoms with Crippen LogP contribution in [0.25, 0.3) is 0 Å². The van der Waals surface area contributed by atoms with Crippen LogP contribution in [0.1, 0.15) is 32.1 Å². The number of hydrogen-bond acceptors (Lipinski definition) is 2. The summed E-state index contributed by atoms with van der Waals surface area (Å²) in [5.74, 6) is 0. The standard InChI is InChI=1S/C11H16O2/c1-2-12-9-7-11(9)8-10(3-4-10)5-6-13-11/h2,9H,1,3-8H2/t9-,11+/m1/s1. The van der Waals surface area contributed by atoms with Gasteiger partial charge in [0.25, 0.3) is 0 Å². The Morgan fingerprint density at radius 2 is 2.23 bits per heavy atom. The minimum absolute atomic E-state index is 0.100. The second-order valence-electron chi connectivity index (χ2n) is 4.84. The van der Waals surface area contributed by atoms with Crippen molar-refractivity contribution < 1.29 is 9.47 Å². The Bertz CT molecular complexity index is 244. The lowest BCUT2D eigenvalue weighted by Gasteiger charge is -2.30. The Labute approximate surface area is 78.9 Å². The van der Waals surface area contributed by atoms with Gasteiger partial charge in [-0.05, 0) is 31.1 Å². The molecule has 2 spiro atoms. The van der Waals surface area contributed by atoms with Gasteiger partial charge in [0, 0.05) is 13.0 Å². The first-order valence-electron chi connectivity index (χ1n) is 5.19. The van der Waals surface area contributed by atoms with Gasteiger partial charge in [-0.25, -0.2) is 0 Å². The van der Waals surface area contributed by atoms with Crippen molar-refractivity contribution >= 4 is 0 Å². The summed E-state index contributed by atoms with van der Waals surface area (Å²) < 4.78 is 11.3. The van der Waals surface area contributed by atoms with E-state index in [1.165, 1.54) is 25.7 Å². The monoisotopic (exact) mass is 180 g/mol. The maximum Gasteiger partial charge on any atom is 0.130 e. The molecule has 2 saturated carbocycles. The van der Waals surface area contributed by atoms with Crippen LogP contribution < -0.4 is 0 Å². The molecule has 0 amide bonds. The molecule has 0 N–H and O–H groups in total. The number of ether oxygens (including phenoxy) is 2. The first-order chi connectivity index (χ1) is 6.29. The third kappa shape index (κ3) is 1.12. The minimum atomic E-state index is 0.100. The zero-order valence-electron chi connectivity index (χ0n) is 7.92. The average Bonchev–Trinajstić information content (AvgIpc) is 2.97. The molecule has 2 nitrogen and oxygen atoms in total. The molecule has 72 valence electrons. The molecule has 3 rings (SSSR count). The summed E-state index contributed by atoms with van der Waals surface area (Å²) in [6, 6.07) is 0. The van der Waals surface area contributed by atoms with Gasteiger partial charge >= 0.3 is 0 Å². The average molecular weight is 180 g/mol. The molecule has 3 fully saturated rings. The predicted molar refractivity (Wildman–Crippen MR) is 49.3 cm³/mol. The van der Waals surface area contributed by atoms with Gasteiger partial charge in [-0.3, -0.25) is 0 Å². The largest absolute Gasteiger partial charge is 0.496 e. The smallest absolute Gasteiger partial charge is 0.130 e. The van der Waals surface area contributed by atoms with Gasteiger partial charge in [0.2, 0.25) is 0 Å². The van der Waals surface area contributed by atoms with E-state index in [1.807, 2.05) is 0 Å². The van der Waals surface area contributed by atoms with Crippen LogP contribution in [-0.4, -0.2) is 18.3 Å². The van der Waals surface area contributed by atoms with Crippen LogP contribution in [0.3, 0.4) is 0 Å². The van der Waals surface area contributed by atoms with Crippen molar-refractivity contribution in [1.82, 2.24) is 0 Å². The SMILES string of the molecule is C=CO[C@@H]1C[C@]12CC1(CCO2)CC1. The summed E-state index contributed by atoms with van der Waals surface area (Å²) in [6.45, 7) is 4.53. The topological polar surface area (TPSA) is 18.5 Å². The molecule has 1 heterocycles. The zero-order valence-corrected chi connectivity index (χ0v) is 7.92. The Balaban J connectivity index is 1.68. The van der Waals surface area contributed by atoms with Gasteiger partial charge < -0.3 is 9.47 Å². The summed E-state index contributed by atoms with van der Waals surface area (Å²) in [4.78, 5) is 0. The molecule has 0 aromatic carbocycles. The fourth-order valence-corrected chi connectivity index (χ4v) is 2.73. The summed E-state index contributed by atoms with van der Waals surface area (Å²) in [6.07, 6.45) is 8.28. The van der Waals surface area contributed by atoms with Crippen molar-refractivity contribution in [2.45, 2.75) is 43.8 Å². The molecule has 2 atom stereocenters. The molecule has 0 aromatic heterocycles. The van der Waals surface area contributed by atoms with Crippen molar-refractivity contribution in [3.8, 4) is 0 Å². The van der Waals surface area contributed by atoms with Crippen molar-refractivity contribution in [2.75, 3.05) is 6.61 Å². The Kier molecular flexibility index (Phi) is 1.39. The second-order valence-corrected chi connectivity index (χ2v) is 4.84. The van der Waals surface area contributed by atoms with Crippen LogP contribution in [0, 0.1) is 5.41 Å². The molecule has 2 aliphatic carbocycles. The fourth-order valence-electron chi connectivity index (χ4n) is 2.73. The lowest BCUT2D eigenvalue weighted by atomic mass is 9.91. The van der Waals surface area contributed by atoms with Gasteiger partial charge in [0.05, 0.1) is 6.26 Å². The highest BCUT2D eigenvalue weighted by Gasteiger charge is 2.65. The van der Waals surface area contributed by atoms with E-state index in [9.17, 15) is 0 Å². The number of rotatable bonds is 2. The normalized spacial score (nSPS) is 44.8. The zero-order chi connectivity index (χ0) is 8.94. The molecular formula is C11H16O2. The maximum atomic E-state index is 5.84. The molecule has 0 unspecified atom stereocenters. The van der Waals surface area contributed by atoms with Gasteiger partial charge in [0.1, 0.15) is 11.7 Å². The van der Waals surface area contributed by atoms with Crippen LogP contribution in [0.2, 0.25) is 0 Å². The highest BCUT2D eigenvalue weighted by molar-refractivity contribution is 5.15. The van der Waals surface area contributed by atoms with Crippen LogP contribution in [0.5, 0.6) is 0 Å². The molecule has 0 aromatic rings. The quantitative estimate of drug-likeness (QED) is 0.607. The van der Waals surface area contributed by atoms with E-state index >= 15 is 0 Å². The van der Waals surface area contributed by atoms with Crippen LogP contribution in [0.15, 0.2) is 12.8 Å². The third-order valence-electron chi connectivity index (χ3n) is 3.87. The minimum Gasteiger partial charge on any atom is -0.496 e. The van der Waals surface area contributed by atoms with Crippen molar-refractivity contribution in [1.29, 1.82) is 0 Å². The number of hydrogen-bond donors (Lipinski definition) is 0. The van der Waals surface area contributed by atoms with Crippen molar-refractivity contribution in [2.24, 2.45) is 5.41 Å². The van der Waals surface area contributed by atoms with Crippen LogP contribution >= 0.6 is 0 Å². The Hall–Kier alpha value is -0.500. The van der Waals surface area contributed by atoms with E-state index in [2.05, 4.69) is 6.58 Å². The van der Waals surface area contributed by atoms with E-state index in [0.29, 0.717) is 11.5 Å². The fraction of sp³-hybridized carbons (Fsp3) is 0.818. The van der Waals surface area contributed by atoms with Gasteiger partial charge in [-0.1, -0.05) is 6.58 Å². The highest BCUT2D eigenvalue weighted by Crippen LogP contribution is 2.63. The first-order valence-corrected chi connectivity index (χ1v) is 5.19. The van der Waals surface area contributed by atoms with E-state index in [4.69, 9.17) is 9.47 Å². The van der Waals surface area contributed by atoms with Crippen LogP contribution in [-0.2, 0) is 9.47 Å². The summed E-state index contributed by atoms with van der Waals surface area (Å²) in [7, 11) is 0. The Morgan fingerprint density at radius 1 is 1.38 bits per heavy atom. The predicted octanol–water partition coefficient (Wildman–Crippen LogP) is 2.25. The first kappa shape index (κ1) is 7.86. The molecule has 0 bridgehead atoms. The molecule has 1 aliphatic heterocycles. The Morgan fingerprint density at radius 3 is 2.92 bits per heavy atom. The lowest BCUT2D eigenvalue weighted by Crippen LogP contribution is -2.31. The van der Waals surface area contributed by atoms with E-state index < -0.39 is 0 Å². The maximum absolute atomic E-state index is 5.84. The molecular weight excluding hydrogens is 164 g/mol. The molecule has 0 radical (unpaired) electrons. The van der Waals surface area contributed by atoms with Gasteiger partial charge in [-0.15, -0.1) is 0 Å². The molecule has 2 heteroatoms. The van der Waals surface area contributed by atoms with Gasteiger partial charge in [0.15, 0.2) is 0 Å².